The van der Waals surface area contributed by atoms with Crippen molar-refractivity contribution in [2.24, 2.45) is 7.05 Å². The van der Waals surface area contributed by atoms with Crippen LogP contribution in [0.2, 0.25) is 0 Å². The van der Waals surface area contributed by atoms with Crippen LogP contribution < -0.4 is 28.5 Å². The third-order valence-corrected chi connectivity index (χ3v) is 1.67. The maximum Gasteiger partial charge on any atom is 0.260 e. The fraction of sp³-hybridized carbons (Fsp3) is 0.375. The largest absolute Gasteiger partial charge is 1.00 e. The summed E-state index contributed by atoms with van der Waals surface area (Å²) in [5, 5.41) is 0. The monoisotopic (exact) mass is 264 g/mol. The molecule has 62 valence electrons. The van der Waals surface area contributed by atoms with Crippen LogP contribution in [0.4, 0.5) is 0 Å². The first-order valence-corrected chi connectivity index (χ1v) is 3.47. The van der Waals surface area contributed by atoms with E-state index in [2.05, 4.69) is 18.1 Å². The van der Waals surface area contributed by atoms with Crippen LogP contribution in [0.3, 0.4) is 0 Å². The Labute approximate surface area is 84.6 Å². The number of rotatable bonds is 2. The van der Waals surface area contributed by atoms with Gasteiger partial charge in [-0.25, -0.2) is 9.13 Å². The third kappa shape index (κ3) is 2.05. The maximum absolute atomic E-state index is 3.70. The van der Waals surface area contributed by atoms with E-state index in [0.717, 1.165) is 6.42 Å². The Kier molecular flexibility index (Phi) is 4.40. The molecule has 0 atom stereocenters. The van der Waals surface area contributed by atoms with E-state index in [1.54, 1.807) is 0 Å². The first-order chi connectivity index (χ1) is 4.79. The van der Waals surface area contributed by atoms with Crippen molar-refractivity contribution in [3.8, 4) is 0 Å². The van der Waals surface area contributed by atoms with E-state index in [4.69, 9.17) is 0 Å². The topological polar surface area (TPSA) is 8.81 Å². The van der Waals surface area contributed by atoms with E-state index >= 15 is 0 Å². The maximum atomic E-state index is 3.70. The first kappa shape index (κ1) is 10.7. The summed E-state index contributed by atoms with van der Waals surface area (Å²) in [4.78, 5) is 0. The van der Waals surface area contributed by atoms with Crippen molar-refractivity contribution in [1.29, 1.82) is 0 Å². The molecule has 0 aromatic carbocycles. The predicted octanol–water partition coefficient (Wildman–Crippen LogP) is -2.02. The molecule has 0 spiro atoms. The molecule has 0 unspecified atom stereocenters. The molecular formula is C8H13IN2. The van der Waals surface area contributed by atoms with Crippen LogP contribution in [-0.2, 0) is 13.5 Å². The molecule has 2 nitrogen and oxygen atoms in total. The molecule has 0 saturated carbocycles. The second kappa shape index (κ2) is 4.54. The van der Waals surface area contributed by atoms with Gasteiger partial charge in [-0.15, -0.1) is 0 Å². The zero-order valence-electron chi connectivity index (χ0n) is 6.92. The zero-order valence-corrected chi connectivity index (χ0v) is 9.08. The molecule has 0 saturated heterocycles. The van der Waals surface area contributed by atoms with Crippen LogP contribution in [0.25, 0.3) is 6.20 Å². The van der Waals surface area contributed by atoms with Crippen molar-refractivity contribution in [2.45, 2.75) is 13.3 Å². The van der Waals surface area contributed by atoms with Crippen molar-refractivity contribution in [2.75, 3.05) is 0 Å². The molecular weight excluding hydrogens is 251 g/mol. The minimum atomic E-state index is 0. The Morgan fingerprint density at radius 2 is 2.36 bits per heavy atom. The van der Waals surface area contributed by atoms with Gasteiger partial charge in [0.1, 0.15) is 12.4 Å². The van der Waals surface area contributed by atoms with Crippen LogP contribution in [-0.4, -0.2) is 4.57 Å². The lowest BCUT2D eigenvalue weighted by atomic mass is 10.4. The Hall–Kier alpha value is -0.320. The molecule has 1 aromatic heterocycles. The summed E-state index contributed by atoms with van der Waals surface area (Å²) in [6, 6.07) is 0. The minimum Gasteiger partial charge on any atom is -1.00 e. The normalized spacial score (nSPS) is 8.91. The first-order valence-electron chi connectivity index (χ1n) is 3.47. The van der Waals surface area contributed by atoms with Crippen molar-refractivity contribution >= 4 is 6.20 Å². The molecule has 0 N–H and O–H groups in total. The van der Waals surface area contributed by atoms with Gasteiger partial charge >= 0.3 is 0 Å². The molecule has 0 bridgehead atoms. The number of hydrogen-bond acceptors (Lipinski definition) is 0. The Morgan fingerprint density at radius 3 is 2.73 bits per heavy atom. The summed E-state index contributed by atoms with van der Waals surface area (Å²) in [5.74, 6) is 1.27. The SMILES string of the molecule is C=C[n+]1ccn(C)c1CC.[I-]. The fourth-order valence-corrected chi connectivity index (χ4v) is 1.12. The zero-order chi connectivity index (χ0) is 7.56. The molecule has 1 heterocycles. The lowest BCUT2D eigenvalue weighted by Gasteiger charge is -1.91. The van der Waals surface area contributed by atoms with Crippen molar-refractivity contribution in [3.63, 3.8) is 0 Å². The lowest BCUT2D eigenvalue weighted by molar-refractivity contribution is -0.576. The van der Waals surface area contributed by atoms with Gasteiger partial charge in [-0.1, -0.05) is 13.5 Å². The lowest BCUT2D eigenvalue weighted by Crippen LogP contribution is -3.00. The smallest absolute Gasteiger partial charge is 0.260 e. The van der Waals surface area contributed by atoms with Crippen molar-refractivity contribution in [1.82, 2.24) is 4.57 Å². The quantitative estimate of drug-likeness (QED) is 0.431. The Balaban J connectivity index is 0.000001000. The predicted molar refractivity (Wildman–Crippen MR) is 41.4 cm³/mol. The highest BCUT2D eigenvalue weighted by Gasteiger charge is 2.07. The van der Waals surface area contributed by atoms with Gasteiger partial charge in [-0.2, -0.15) is 0 Å². The fourth-order valence-electron chi connectivity index (χ4n) is 1.12. The molecule has 0 aliphatic carbocycles. The van der Waals surface area contributed by atoms with Gasteiger partial charge in [0, 0.05) is 6.42 Å². The third-order valence-electron chi connectivity index (χ3n) is 1.67. The molecule has 11 heavy (non-hydrogen) atoms. The number of imidazole rings is 1. The van der Waals surface area contributed by atoms with E-state index in [1.165, 1.54) is 5.82 Å². The van der Waals surface area contributed by atoms with Gasteiger partial charge in [0.05, 0.1) is 13.2 Å². The summed E-state index contributed by atoms with van der Waals surface area (Å²) in [6.07, 6.45) is 6.89. The van der Waals surface area contributed by atoms with Crippen LogP contribution in [0.15, 0.2) is 19.0 Å². The van der Waals surface area contributed by atoms with Gasteiger partial charge < -0.3 is 24.0 Å². The summed E-state index contributed by atoms with van der Waals surface area (Å²) in [5.41, 5.74) is 0. The second-order valence-electron chi connectivity index (χ2n) is 2.27. The molecule has 1 rings (SSSR count). The Bertz CT molecular complexity index is 240. The van der Waals surface area contributed by atoms with E-state index < -0.39 is 0 Å². The van der Waals surface area contributed by atoms with Gasteiger partial charge in [-0.3, -0.25) is 0 Å². The molecule has 1 aromatic rings. The molecule has 0 aliphatic heterocycles. The highest BCUT2D eigenvalue weighted by molar-refractivity contribution is 4.98. The van der Waals surface area contributed by atoms with E-state index in [-0.39, 0.29) is 24.0 Å². The number of aromatic nitrogens is 2. The van der Waals surface area contributed by atoms with Gasteiger partial charge in [0.2, 0.25) is 0 Å². The summed E-state index contributed by atoms with van der Waals surface area (Å²) in [7, 11) is 2.04. The highest BCUT2D eigenvalue weighted by atomic mass is 127. The van der Waals surface area contributed by atoms with Crippen molar-refractivity contribution in [3.05, 3.63) is 24.8 Å². The molecule has 0 amide bonds. The van der Waals surface area contributed by atoms with E-state index in [1.807, 2.05) is 30.2 Å². The van der Waals surface area contributed by atoms with Gasteiger partial charge in [0.15, 0.2) is 0 Å². The Morgan fingerprint density at radius 1 is 1.73 bits per heavy atom. The van der Waals surface area contributed by atoms with Gasteiger partial charge in [0.25, 0.3) is 5.82 Å². The number of aryl methyl sites for hydroxylation is 1. The number of hydrogen-bond donors (Lipinski definition) is 0. The molecule has 0 fully saturated rings. The summed E-state index contributed by atoms with van der Waals surface area (Å²) in [6.45, 7) is 5.84. The average Bonchev–Trinajstić information content (AvgIpc) is 2.30. The van der Waals surface area contributed by atoms with Gasteiger partial charge in [-0.05, 0) is 0 Å². The minimum absolute atomic E-state index is 0. The molecule has 0 aliphatic rings. The van der Waals surface area contributed by atoms with Crippen LogP contribution in [0.1, 0.15) is 12.7 Å². The van der Waals surface area contributed by atoms with E-state index in [0.29, 0.717) is 0 Å². The summed E-state index contributed by atoms with van der Waals surface area (Å²) < 4.78 is 4.13. The standard InChI is InChI=1S/C8H13N2.HI/c1-4-8-9(3)6-7-10(8)5-2;/h5-7H,2,4H2,1,3H3;1H/q+1;/p-1. The van der Waals surface area contributed by atoms with Crippen LogP contribution >= 0.6 is 0 Å². The van der Waals surface area contributed by atoms with Crippen LogP contribution in [0, 0.1) is 0 Å². The second-order valence-corrected chi connectivity index (χ2v) is 2.27. The van der Waals surface area contributed by atoms with Crippen LogP contribution in [0.5, 0.6) is 0 Å². The highest BCUT2D eigenvalue weighted by Crippen LogP contribution is 1.91. The molecule has 0 radical (unpaired) electrons. The molecule has 3 heteroatoms. The number of halogens is 1. The van der Waals surface area contributed by atoms with E-state index in [9.17, 15) is 0 Å². The number of nitrogens with zero attached hydrogens (tertiary/aromatic N) is 2. The van der Waals surface area contributed by atoms with Crippen molar-refractivity contribution < 1.29 is 28.5 Å². The summed E-state index contributed by atoms with van der Waals surface area (Å²) >= 11 is 0. The average molecular weight is 264 g/mol.